The molecular weight excluding hydrogens is 334 g/mol. The molecule has 0 unspecified atom stereocenters. The van der Waals surface area contributed by atoms with E-state index in [0.717, 1.165) is 36.2 Å². The second kappa shape index (κ2) is 8.15. The van der Waals surface area contributed by atoms with E-state index >= 15 is 0 Å². The van der Waals surface area contributed by atoms with Gasteiger partial charge in [-0.15, -0.1) is 0 Å². The number of benzene rings is 1. The van der Waals surface area contributed by atoms with Gasteiger partial charge in [-0.2, -0.15) is 8.87 Å². The predicted molar refractivity (Wildman–Crippen MR) is 103 cm³/mol. The number of fused-ring (bicyclic) bond motifs is 1. The van der Waals surface area contributed by atoms with Gasteiger partial charge in [0, 0.05) is 32.2 Å². The Kier molecular flexibility index (Phi) is 6.41. The van der Waals surface area contributed by atoms with Gasteiger partial charge < -0.3 is 4.90 Å². The molecule has 0 fully saturated rings. The van der Waals surface area contributed by atoms with Gasteiger partial charge >= 0.3 is 0 Å². The van der Waals surface area contributed by atoms with Crippen LogP contribution in [0.25, 0.3) is 10.9 Å². The van der Waals surface area contributed by atoms with Gasteiger partial charge in [0.1, 0.15) is 6.54 Å². The van der Waals surface area contributed by atoms with Gasteiger partial charge in [-0.05, 0) is 26.8 Å². The van der Waals surface area contributed by atoms with Crippen LogP contribution in [-0.2, 0) is 16.6 Å². The molecule has 6 heteroatoms. The summed E-state index contributed by atoms with van der Waals surface area (Å²) >= 11 is 0. The van der Waals surface area contributed by atoms with Crippen molar-refractivity contribution in [3.05, 3.63) is 30.5 Å². The Morgan fingerprint density at radius 1 is 0.920 bits per heavy atom. The minimum absolute atomic E-state index is 0.403. The average molecular weight is 365 g/mol. The second-order valence-corrected chi connectivity index (χ2v) is 7.81. The lowest BCUT2D eigenvalue weighted by Gasteiger charge is -2.27. The van der Waals surface area contributed by atoms with Crippen LogP contribution in [0.5, 0.6) is 0 Å². The van der Waals surface area contributed by atoms with Gasteiger partial charge in [0.15, 0.2) is 11.1 Å². The number of rotatable bonds is 8. The molecule has 5 nitrogen and oxygen atoms in total. The lowest BCUT2D eigenvalue weighted by molar-refractivity contribution is -0.669. The zero-order chi connectivity index (χ0) is 18.6. The number of aromatic nitrogens is 1. The molecule has 138 valence electrons. The number of para-hydroxylation sites is 1. The maximum absolute atomic E-state index is 13.3. The molecular formula is C19H30N3O2S+. The van der Waals surface area contributed by atoms with Crippen LogP contribution in [0.15, 0.2) is 35.4 Å². The van der Waals surface area contributed by atoms with Crippen molar-refractivity contribution in [2.75, 3.05) is 31.1 Å². The van der Waals surface area contributed by atoms with Gasteiger partial charge in [-0.25, -0.2) is 8.42 Å². The Labute approximate surface area is 151 Å². The summed E-state index contributed by atoms with van der Waals surface area (Å²) < 4.78 is 30.3. The highest BCUT2D eigenvalue weighted by Crippen LogP contribution is 2.33. The van der Waals surface area contributed by atoms with Gasteiger partial charge in [-0.1, -0.05) is 26.0 Å². The van der Waals surface area contributed by atoms with Crippen LogP contribution in [0.2, 0.25) is 0 Å². The maximum Gasteiger partial charge on any atom is 0.251 e. The minimum atomic E-state index is -3.55. The molecule has 0 bridgehead atoms. The molecule has 0 spiro atoms. The first-order valence-corrected chi connectivity index (χ1v) is 10.6. The van der Waals surface area contributed by atoms with Crippen molar-refractivity contribution in [1.29, 1.82) is 0 Å². The summed E-state index contributed by atoms with van der Waals surface area (Å²) in [7, 11) is -3.55. The van der Waals surface area contributed by atoms with Crippen LogP contribution >= 0.6 is 0 Å². The summed E-state index contributed by atoms with van der Waals surface area (Å²) in [5.41, 5.74) is 1.88. The third-order valence-electron chi connectivity index (χ3n) is 4.72. The molecule has 25 heavy (non-hydrogen) atoms. The van der Waals surface area contributed by atoms with Crippen molar-refractivity contribution in [2.24, 2.45) is 0 Å². The Morgan fingerprint density at radius 3 is 2.04 bits per heavy atom. The second-order valence-electron chi connectivity index (χ2n) is 5.91. The zero-order valence-corrected chi connectivity index (χ0v) is 16.8. The molecule has 0 N–H and O–H groups in total. The summed E-state index contributed by atoms with van der Waals surface area (Å²) in [5, 5.41) is 0.987. The third-order valence-corrected chi connectivity index (χ3v) is 6.77. The van der Waals surface area contributed by atoms with E-state index in [1.807, 2.05) is 49.7 Å². The van der Waals surface area contributed by atoms with Crippen LogP contribution in [0.4, 0.5) is 5.69 Å². The Bertz CT molecular complexity index is 826. The van der Waals surface area contributed by atoms with Gasteiger partial charge in [0.25, 0.3) is 10.0 Å². The van der Waals surface area contributed by atoms with Crippen LogP contribution in [0, 0.1) is 0 Å². The average Bonchev–Trinajstić information content (AvgIpc) is 2.63. The smallest absolute Gasteiger partial charge is 0.251 e. The monoisotopic (exact) mass is 364 g/mol. The number of hydrogen-bond donors (Lipinski definition) is 0. The highest BCUT2D eigenvalue weighted by molar-refractivity contribution is 7.89. The van der Waals surface area contributed by atoms with E-state index in [2.05, 4.69) is 24.8 Å². The molecule has 0 amide bonds. The maximum atomic E-state index is 13.3. The molecule has 1 aromatic heterocycles. The molecule has 0 aliphatic rings. The highest BCUT2D eigenvalue weighted by atomic mass is 32.2. The van der Waals surface area contributed by atoms with Crippen molar-refractivity contribution in [3.63, 3.8) is 0 Å². The molecule has 0 saturated carbocycles. The number of anilines is 1. The van der Waals surface area contributed by atoms with E-state index in [1.165, 1.54) is 4.31 Å². The van der Waals surface area contributed by atoms with Crippen LogP contribution in [-0.4, -0.2) is 38.9 Å². The van der Waals surface area contributed by atoms with Crippen molar-refractivity contribution in [1.82, 2.24) is 4.31 Å². The molecule has 0 radical (unpaired) electrons. The van der Waals surface area contributed by atoms with E-state index < -0.39 is 10.0 Å². The molecule has 1 heterocycles. The summed E-state index contributed by atoms with van der Waals surface area (Å²) in [4.78, 5) is 2.54. The Morgan fingerprint density at radius 2 is 1.52 bits per heavy atom. The Balaban J connectivity index is 2.93. The molecule has 2 aromatic rings. The standard InChI is InChI=1S/C19H30N3O2S/c1-6-20(7-2)19-16-13-11-12-14-17(16)21(8-3)15-18(19)25(23,24)22(9-4)10-5/h11-15H,6-10H2,1-5H3/q+1. The quantitative estimate of drug-likeness (QED) is 0.676. The number of pyridine rings is 1. The number of sulfonamides is 1. The highest BCUT2D eigenvalue weighted by Gasteiger charge is 2.32. The first-order chi connectivity index (χ1) is 12.0. The number of aryl methyl sites for hydroxylation is 1. The molecule has 0 aliphatic heterocycles. The number of nitrogens with zero attached hydrogens (tertiary/aromatic N) is 3. The van der Waals surface area contributed by atoms with Crippen LogP contribution < -0.4 is 9.47 Å². The van der Waals surface area contributed by atoms with E-state index in [0.29, 0.717) is 18.0 Å². The summed E-state index contributed by atoms with van der Waals surface area (Å²) in [6.07, 6.45) is 1.81. The molecule has 0 saturated heterocycles. The fourth-order valence-electron chi connectivity index (χ4n) is 3.35. The Hall–Kier alpha value is -1.66. The summed E-state index contributed by atoms with van der Waals surface area (Å²) in [6, 6.07) is 8.05. The predicted octanol–water partition coefficient (Wildman–Crippen LogP) is 3.02. The topological polar surface area (TPSA) is 44.5 Å². The van der Waals surface area contributed by atoms with Crippen molar-refractivity contribution >= 4 is 26.6 Å². The molecule has 1 aromatic carbocycles. The largest absolute Gasteiger partial charge is 0.370 e. The van der Waals surface area contributed by atoms with E-state index in [-0.39, 0.29) is 0 Å². The fourth-order valence-corrected chi connectivity index (χ4v) is 5.05. The summed E-state index contributed by atoms with van der Waals surface area (Å²) in [6.45, 7) is 13.1. The molecule has 2 rings (SSSR count). The fraction of sp³-hybridized carbons (Fsp3) is 0.526. The zero-order valence-electron chi connectivity index (χ0n) is 16.0. The van der Waals surface area contributed by atoms with Gasteiger partial charge in [-0.3, -0.25) is 0 Å². The summed E-state index contributed by atoms with van der Waals surface area (Å²) in [5.74, 6) is 0. The first-order valence-electron chi connectivity index (χ1n) is 9.16. The van der Waals surface area contributed by atoms with Gasteiger partial charge in [0.2, 0.25) is 5.52 Å². The first kappa shape index (κ1) is 19.7. The van der Waals surface area contributed by atoms with Gasteiger partial charge in [0.05, 0.1) is 11.1 Å². The lowest BCUT2D eigenvalue weighted by atomic mass is 10.1. The molecule has 0 atom stereocenters. The molecule has 0 aliphatic carbocycles. The lowest BCUT2D eigenvalue weighted by Crippen LogP contribution is -2.39. The van der Waals surface area contributed by atoms with Crippen molar-refractivity contribution in [2.45, 2.75) is 46.1 Å². The van der Waals surface area contributed by atoms with Crippen LogP contribution in [0.3, 0.4) is 0 Å². The SMILES string of the molecule is CCN(CC)c1c(S(=O)(=O)N(CC)CC)c[n+](CC)c2ccccc12. The minimum Gasteiger partial charge on any atom is -0.370 e. The van der Waals surface area contributed by atoms with Crippen LogP contribution in [0.1, 0.15) is 34.6 Å². The van der Waals surface area contributed by atoms with E-state index in [9.17, 15) is 8.42 Å². The van der Waals surface area contributed by atoms with E-state index in [4.69, 9.17) is 0 Å². The van der Waals surface area contributed by atoms with Crippen molar-refractivity contribution in [3.8, 4) is 0 Å². The normalized spacial score (nSPS) is 12.1. The number of hydrogen-bond acceptors (Lipinski definition) is 3. The van der Waals surface area contributed by atoms with E-state index in [1.54, 1.807) is 0 Å². The van der Waals surface area contributed by atoms with Crippen molar-refractivity contribution < 1.29 is 13.0 Å². The third kappa shape index (κ3) is 3.51.